The van der Waals surface area contributed by atoms with Gasteiger partial charge >= 0.3 is 0 Å². The highest BCUT2D eigenvalue weighted by Gasteiger charge is 2.01. The third-order valence-corrected chi connectivity index (χ3v) is 1.81. The second kappa shape index (κ2) is 3.53. The summed E-state index contributed by atoms with van der Waals surface area (Å²) in [5.74, 6) is 3.18. The van der Waals surface area contributed by atoms with Crippen LogP contribution in [0.2, 0.25) is 0 Å². The Morgan fingerprint density at radius 1 is 1.43 bits per heavy atom. The zero-order valence-electron chi connectivity index (χ0n) is 8.16. The van der Waals surface area contributed by atoms with Crippen molar-refractivity contribution in [3.05, 3.63) is 29.5 Å². The van der Waals surface area contributed by atoms with E-state index in [1.165, 1.54) is 0 Å². The third kappa shape index (κ3) is 1.93. The highest BCUT2D eigenvalue weighted by molar-refractivity contribution is 5.23. The van der Waals surface area contributed by atoms with Crippen LogP contribution in [0.15, 0.2) is 16.5 Å². The van der Waals surface area contributed by atoms with Gasteiger partial charge in [0.25, 0.3) is 0 Å². The first-order valence-corrected chi connectivity index (χ1v) is 4.42. The summed E-state index contributed by atoms with van der Waals surface area (Å²) in [4.78, 5) is 4.11. The summed E-state index contributed by atoms with van der Waals surface area (Å²) in [6.45, 7) is 4.38. The van der Waals surface area contributed by atoms with Crippen LogP contribution in [0.4, 0.5) is 5.95 Å². The van der Waals surface area contributed by atoms with Gasteiger partial charge in [-0.25, -0.2) is 0 Å². The molecule has 0 amide bonds. The molecule has 0 atom stereocenters. The molecule has 5 heteroatoms. The van der Waals surface area contributed by atoms with Gasteiger partial charge in [-0.15, -0.1) is 5.10 Å². The molecule has 14 heavy (non-hydrogen) atoms. The van der Waals surface area contributed by atoms with Crippen LogP contribution in [0.25, 0.3) is 0 Å². The number of H-pyrrole nitrogens is 1. The molecule has 5 nitrogen and oxygen atoms in total. The summed E-state index contributed by atoms with van der Waals surface area (Å²) in [6, 6.07) is 3.86. The first kappa shape index (κ1) is 8.80. The van der Waals surface area contributed by atoms with Crippen molar-refractivity contribution in [1.82, 2.24) is 15.2 Å². The van der Waals surface area contributed by atoms with Gasteiger partial charge in [0.2, 0.25) is 5.95 Å². The topological polar surface area (TPSA) is 66.7 Å². The van der Waals surface area contributed by atoms with E-state index in [1.807, 2.05) is 26.0 Å². The minimum Gasteiger partial charge on any atom is -0.465 e. The number of hydrogen-bond acceptors (Lipinski definition) is 4. The van der Waals surface area contributed by atoms with Gasteiger partial charge in [-0.1, -0.05) is 0 Å². The van der Waals surface area contributed by atoms with Crippen molar-refractivity contribution in [2.75, 3.05) is 5.32 Å². The molecule has 0 unspecified atom stereocenters. The molecule has 0 radical (unpaired) electrons. The Morgan fingerprint density at radius 2 is 2.29 bits per heavy atom. The molecule has 0 spiro atoms. The second-order valence-electron chi connectivity index (χ2n) is 3.11. The molecule has 0 fully saturated rings. The van der Waals surface area contributed by atoms with Gasteiger partial charge in [0.1, 0.15) is 17.3 Å². The lowest BCUT2D eigenvalue weighted by Gasteiger charge is -1.96. The van der Waals surface area contributed by atoms with Crippen LogP contribution in [-0.4, -0.2) is 15.2 Å². The summed E-state index contributed by atoms with van der Waals surface area (Å²) < 4.78 is 5.38. The molecule has 2 heterocycles. The number of rotatable bonds is 3. The van der Waals surface area contributed by atoms with Gasteiger partial charge in [-0.3, -0.25) is 5.10 Å². The van der Waals surface area contributed by atoms with Gasteiger partial charge in [-0.2, -0.15) is 4.98 Å². The molecule has 2 aromatic rings. The van der Waals surface area contributed by atoms with E-state index < -0.39 is 0 Å². The van der Waals surface area contributed by atoms with E-state index in [4.69, 9.17) is 4.42 Å². The number of aryl methyl sites for hydroxylation is 2. The molecule has 0 aromatic carbocycles. The van der Waals surface area contributed by atoms with Gasteiger partial charge < -0.3 is 9.73 Å². The van der Waals surface area contributed by atoms with Gasteiger partial charge in [-0.05, 0) is 26.0 Å². The van der Waals surface area contributed by atoms with Crippen molar-refractivity contribution in [1.29, 1.82) is 0 Å². The summed E-state index contributed by atoms with van der Waals surface area (Å²) in [5.41, 5.74) is 0. The predicted octanol–water partition coefficient (Wildman–Crippen LogP) is 1.63. The number of aromatic nitrogens is 3. The standard InChI is InChI=1S/C9H12N4O/c1-6-3-4-8(14-6)5-10-9-11-7(2)12-13-9/h3-4H,5H2,1-2H3,(H2,10,11,12,13). The van der Waals surface area contributed by atoms with Crippen molar-refractivity contribution in [3.8, 4) is 0 Å². The van der Waals surface area contributed by atoms with Gasteiger partial charge in [0.05, 0.1) is 6.54 Å². The minimum absolute atomic E-state index is 0.594. The maximum absolute atomic E-state index is 5.38. The Hall–Kier alpha value is -1.78. The smallest absolute Gasteiger partial charge is 0.242 e. The lowest BCUT2D eigenvalue weighted by atomic mass is 10.4. The maximum atomic E-state index is 5.38. The second-order valence-corrected chi connectivity index (χ2v) is 3.11. The predicted molar refractivity (Wildman–Crippen MR) is 51.9 cm³/mol. The Morgan fingerprint density at radius 3 is 2.86 bits per heavy atom. The maximum Gasteiger partial charge on any atom is 0.242 e. The van der Waals surface area contributed by atoms with Gasteiger partial charge in [0.15, 0.2) is 0 Å². The fourth-order valence-electron chi connectivity index (χ4n) is 1.17. The molecular weight excluding hydrogens is 180 g/mol. The highest BCUT2D eigenvalue weighted by atomic mass is 16.3. The molecule has 0 aliphatic rings. The van der Waals surface area contributed by atoms with E-state index >= 15 is 0 Å². The van der Waals surface area contributed by atoms with Crippen LogP contribution in [0.5, 0.6) is 0 Å². The van der Waals surface area contributed by atoms with Crippen LogP contribution in [-0.2, 0) is 6.54 Å². The van der Waals surface area contributed by atoms with E-state index in [-0.39, 0.29) is 0 Å². The van der Waals surface area contributed by atoms with E-state index in [0.717, 1.165) is 17.3 Å². The normalized spacial score (nSPS) is 10.4. The molecule has 0 aliphatic heterocycles. The van der Waals surface area contributed by atoms with Gasteiger partial charge in [0, 0.05) is 0 Å². The number of furan rings is 1. The monoisotopic (exact) mass is 192 g/mol. The average Bonchev–Trinajstić information content (AvgIpc) is 2.72. The van der Waals surface area contributed by atoms with E-state index in [1.54, 1.807) is 0 Å². The first-order valence-electron chi connectivity index (χ1n) is 4.42. The molecule has 74 valence electrons. The van der Waals surface area contributed by atoms with Crippen molar-refractivity contribution >= 4 is 5.95 Å². The zero-order chi connectivity index (χ0) is 9.97. The first-order chi connectivity index (χ1) is 6.74. The molecule has 0 saturated carbocycles. The van der Waals surface area contributed by atoms with Crippen LogP contribution in [0.3, 0.4) is 0 Å². The van der Waals surface area contributed by atoms with Crippen LogP contribution < -0.4 is 5.32 Å². The SMILES string of the molecule is Cc1nc(NCc2ccc(C)o2)n[nH]1. The van der Waals surface area contributed by atoms with Crippen LogP contribution >= 0.6 is 0 Å². The number of hydrogen-bond donors (Lipinski definition) is 2. The summed E-state index contributed by atoms with van der Waals surface area (Å²) in [6.07, 6.45) is 0. The van der Waals surface area contributed by atoms with E-state index in [9.17, 15) is 0 Å². The van der Waals surface area contributed by atoms with E-state index in [2.05, 4.69) is 20.5 Å². The number of nitrogens with one attached hydrogen (secondary N) is 2. The summed E-state index contributed by atoms with van der Waals surface area (Å²) in [5, 5.41) is 9.75. The molecule has 0 aliphatic carbocycles. The summed E-state index contributed by atoms with van der Waals surface area (Å²) >= 11 is 0. The zero-order valence-corrected chi connectivity index (χ0v) is 8.16. The van der Waals surface area contributed by atoms with Crippen molar-refractivity contribution in [3.63, 3.8) is 0 Å². The Bertz CT molecular complexity index is 378. The van der Waals surface area contributed by atoms with Crippen molar-refractivity contribution in [2.24, 2.45) is 0 Å². The van der Waals surface area contributed by atoms with Crippen LogP contribution in [0.1, 0.15) is 17.3 Å². The molecule has 2 N–H and O–H groups in total. The number of anilines is 1. The van der Waals surface area contributed by atoms with Crippen molar-refractivity contribution in [2.45, 2.75) is 20.4 Å². The molecule has 0 bridgehead atoms. The Kier molecular flexibility index (Phi) is 2.22. The summed E-state index contributed by atoms with van der Waals surface area (Å²) in [7, 11) is 0. The number of aromatic amines is 1. The third-order valence-electron chi connectivity index (χ3n) is 1.81. The highest BCUT2D eigenvalue weighted by Crippen LogP contribution is 2.07. The quantitative estimate of drug-likeness (QED) is 0.775. The largest absolute Gasteiger partial charge is 0.465 e. The molecular formula is C9H12N4O. The lowest BCUT2D eigenvalue weighted by molar-refractivity contribution is 0.490. The fourth-order valence-corrected chi connectivity index (χ4v) is 1.17. The van der Waals surface area contributed by atoms with Crippen LogP contribution in [0, 0.1) is 13.8 Å². The minimum atomic E-state index is 0.594. The lowest BCUT2D eigenvalue weighted by Crippen LogP contribution is -1.99. The number of nitrogens with zero attached hydrogens (tertiary/aromatic N) is 2. The molecule has 2 aromatic heterocycles. The van der Waals surface area contributed by atoms with Crippen molar-refractivity contribution < 1.29 is 4.42 Å². The Labute approximate surface area is 81.5 Å². The molecule has 0 saturated heterocycles. The molecule has 2 rings (SSSR count). The fraction of sp³-hybridized carbons (Fsp3) is 0.333. The van der Waals surface area contributed by atoms with E-state index in [0.29, 0.717) is 12.5 Å². The average molecular weight is 192 g/mol. The Balaban J connectivity index is 1.94.